The molecule has 3 rings (SSSR count). The van der Waals surface area contributed by atoms with Gasteiger partial charge in [0, 0.05) is 5.92 Å². The molecule has 0 radical (unpaired) electrons. The van der Waals surface area contributed by atoms with E-state index in [9.17, 15) is 9.90 Å². The van der Waals surface area contributed by atoms with Gasteiger partial charge in [-0.05, 0) is 31.1 Å². The predicted molar refractivity (Wildman–Crippen MR) is 64.3 cm³/mol. The molecule has 0 saturated heterocycles. The van der Waals surface area contributed by atoms with Gasteiger partial charge in [0.25, 0.3) is 5.56 Å². The van der Waals surface area contributed by atoms with Gasteiger partial charge in [-0.15, -0.1) is 0 Å². The van der Waals surface area contributed by atoms with E-state index in [1.807, 2.05) is 0 Å². The summed E-state index contributed by atoms with van der Waals surface area (Å²) >= 11 is 0. The number of hydrogen-bond donors (Lipinski definition) is 2. The molecule has 4 nitrogen and oxygen atoms in total. The Morgan fingerprint density at radius 3 is 2.53 bits per heavy atom. The molecule has 1 aromatic rings. The number of aromatic amines is 1. The summed E-state index contributed by atoms with van der Waals surface area (Å²) in [5, 5.41) is 9.96. The van der Waals surface area contributed by atoms with Crippen molar-refractivity contribution in [3.05, 3.63) is 21.7 Å². The van der Waals surface area contributed by atoms with Crippen LogP contribution in [-0.2, 0) is 0 Å². The standard InChI is InChI=1S/C13H18N2O2/c1-7-6-9(7)11-14-12(16)10(13(17)15-11)8-4-2-3-5-8/h7-9H,2-6H2,1H3,(H2,14,15,16,17). The fourth-order valence-electron chi connectivity index (χ4n) is 2.95. The molecule has 0 spiro atoms. The number of H-pyrrole nitrogens is 1. The highest BCUT2D eigenvalue weighted by atomic mass is 16.3. The van der Waals surface area contributed by atoms with Crippen LogP contribution in [-0.4, -0.2) is 15.1 Å². The van der Waals surface area contributed by atoms with Crippen molar-refractivity contribution < 1.29 is 5.11 Å². The van der Waals surface area contributed by atoms with Gasteiger partial charge in [0.1, 0.15) is 5.82 Å². The van der Waals surface area contributed by atoms with E-state index in [0.29, 0.717) is 23.2 Å². The Balaban J connectivity index is 1.97. The molecule has 17 heavy (non-hydrogen) atoms. The van der Waals surface area contributed by atoms with Gasteiger partial charge >= 0.3 is 0 Å². The van der Waals surface area contributed by atoms with Gasteiger partial charge in [-0.1, -0.05) is 19.8 Å². The lowest BCUT2D eigenvalue weighted by molar-refractivity contribution is 0.431. The number of aromatic nitrogens is 2. The van der Waals surface area contributed by atoms with E-state index in [0.717, 1.165) is 32.1 Å². The summed E-state index contributed by atoms with van der Waals surface area (Å²) in [7, 11) is 0. The van der Waals surface area contributed by atoms with Crippen molar-refractivity contribution in [3.63, 3.8) is 0 Å². The first-order valence-electron chi connectivity index (χ1n) is 6.50. The number of nitrogens with zero attached hydrogens (tertiary/aromatic N) is 1. The van der Waals surface area contributed by atoms with E-state index < -0.39 is 0 Å². The van der Waals surface area contributed by atoms with Crippen LogP contribution in [0.1, 0.15) is 62.3 Å². The van der Waals surface area contributed by atoms with Crippen LogP contribution in [0.5, 0.6) is 5.88 Å². The minimum Gasteiger partial charge on any atom is -0.493 e. The van der Waals surface area contributed by atoms with Gasteiger partial charge in [-0.2, -0.15) is 4.98 Å². The first kappa shape index (κ1) is 10.8. The summed E-state index contributed by atoms with van der Waals surface area (Å²) in [5.41, 5.74) is 0.387. The number of aromatic hydroxyl groups is 1. The topological polar surface area (TPSA) is 66.0 Å². The molecule has 2 atom stereocenters. The smallest absolute Gasteiger partial charge is 0.258 e. The minimum absolute atomic E-state index is 0.0326. The average Bonchev–Trinajstić information content (AvgIpc) is 2.77. The van der Waals surface area contributed by atoms with Gasteiger partial charge in [-0.25, -0.2) is 0 Å². The molecule has 1 heterocycles. The van der Waals surface area contributed by atoms with E-state index in [-0.39, 0.29) is 17.4 Å². The third-order valence-corrected chi connectivity index (χ3v) is 4.18. The van der Waals surface area contributed by atoms with Crippen LogP contribution in [0.2, 0.25) is 0 Å². The van der Waals surface area contributed by atoms with Crippen LogP contribution < -0.4 is 5.56 Å². The van der Waals surface area contributed by atoms with Crippen molar-refractivity contribution >= 4 is 0 Å². The maximum atomic E-state index is 12.0. The van der Waals surface area contributed by atoms with Crippen LogP contribution >= 0.6 is 0 Å². The molecule has 2 N–H and O–H groups in total. The van der Waals surface area contributed by atoms with E-state index in [2.05, 4.69) is 16.9 Å². The zero-order valence-corrected chi connectivity index (χ0v) is 10.1. The molecule has 0 amide bonds. The second-order valence-corrected chi connectivity index (χ2v) is 5.49. The highest BCUT2D eigenvalue weighted by Gasteiger charge is 2.37. The van der Waals surface area contributed by atoms with Crippen molar-refractivity contribution in [3.8, 4) is 5.88 Å². The maximum absolute atomic E-state index is 12.0. The van der Waals surface area contributed by atoms with Crippen LogP contribution in [0, 0.1) is 5.92 Å². The Kier molecular flexibility index (Phi) is 2.45. The Morgan fingerprint density at radius 2 is 2.00 bits per heavy atom. The van der Waals surface area contributed by atoms with E-state index in [1.165, 1.54) is 0 Å². The first-order valence-corrected chi connectivity index (χ1v) is 6.50. The van der Waals surface area contributed by atoms with Gasteiger partial charge in [0.15, 0.2) is 0 Å². The normalized spacial score (nSPS) is 28.5. The SMILES string of the molecule is CC1CC1c1nc(O)c(C2CCCC2)c(=O)[nH]1. The number of hydrogen-bond acceptors (Lipinski definition) is 3. The molecule has 2 unspecified atom stereocenters. The fourth-order valence-corrected chi connectivity index (χ4v) is 2.95. The van der Waals surface area contributed by atoms with E-state index >= 15 is 0 Å². The largest absolute Gasteiger partial charge is 0.493 e. The lowest BCUT2D eigenvalue weighted by Gasteiger charge is -2.10. The Morgan fingerprint density at radius 1 is 1.35 bits per heavy atom. The summed E-state index contributed by atoms with van der Waals surface area (Å²) in [4.78, 5) is 19.1. The van der Waals surface area contributed by atoms with Crippen molar-refractivity contribution in [2.75, 3.05) is 0 Å². The monoisotopic (exact) mass is 234 g/mol. The highest BCUT2D eigenvalue weighted by molar-refractivity contribution is 5.29. The van der Waals surface area contributed by atoms with E-state index in [1.54, 1.807) is 0 Å². The molecule has 2 aliphatic carbocycles. The lowest BCUT2D eigenvalue weighted by Crippen LogP contribution is -2.18. The fraction of sp³-hybridized carbons (Fsp3) is 0.692. The summed E-state index contributed by atoms with van der Waals surface area (Å²) in [5.74, 6) is 1.76. The third kappa shape index (κ3) is 1.85. The molecule has 2 fully saturated rings. The highest BCUT2D eigenvalue weighted by Crippen LogP contribution is 2.45. The number of nitrogens with one attached hydrogen (secondary N) is 1. The van der Waals surface area contributed by atoms with Crippen molar-refractivity contribution in [1.82, 2.24) is 9.97 Å². The molecule has 92 valence electrons. The van der Waals surface area contributed by atoms with Gasteiger partial charge in [0.2, 0.25) is 5.88 Å². The molecule has 1 aromatic heterocycles. The van der Waals surface area contributed by atoms with Crippen LogP contribution in [0.15, 0.2) is 4.79 Å². The molecular weight excluding hydrogens is 216 g/mol. The maximum Gasteiger partial charge on any atom is 0.258 e. The zero-order chi connectivity index (χ0) is 12.0. The molecule has 2 saturated carbocycles. The lowest BCUT2D eigenvalue weighted by atomic mass is 10.00. The van der Waals surface area contributed by atoms with Gasteiger partial charge in [-0.3, -0.25) is 4.79 Å². The van der Waals surface area contributed by atoms with Crippen molar-refractivity contribution in [2.45, 2.75) is 50.9 Å². The predicted octanol–water partition coefficient (Wildman–Crippen LogP) is 2.26. The molecular formula is C13H18N2O2. The molecule has 0 aromatic carbocycles. The molecule has 4 heteroatoms. The first-order chi connectivity index (χ1) is 8.16. The van der Waals surface area contributed by atoms with Crippen molar-refractivity contribution in [1.29, 1.82) is 0 Å². The van der Waals surface area contributed by atoms with Crippen LogP contribution in [0.25, 0.3) is 0 Å². The van der Waals surface area contributed by atoms with Crippen molar-refractivity contribution in [2.24, 2.45) is 5.92 Å². The summed E-state index contributed by atoms with van der Waals surface area (Å²) in [6.45, 7) is 2.13. The second kappa shape index (κ2) is 3.86. The Bertz CT molecular complexity index is 489. The van der Waals surface area contributed by atoms with Gasteiger partial charge < -0.3 is 10.1 Å². The quantitative estimate of drug-likeness (QED) is 0.824. The molecule has 0 bridgehead atoms. The second-order valence-electron chi connectivity index (χ2n) is 5.49. The van der Waals surface area contributed by atoms with Crippen LogP contribution in [0.3, 0.4) is 0 Å². The van der Waals surface area contributed by atoms with Crippen LogP contribution in [0.4, 0.5) is 0 Å². The minimum atomic E-state index is -0.126. The van der Waals surface area contributed by atoms with Gasteiger partial charge in [0.05, 0.1) is 5.56 Å². The molecule has 0 aliphatic heterocycles. The third-order valence-electron chi connectivity index (χ3n) is 4.18. The Labute approximate surface area is 100 Å². The average molecular weight is 234 g/mol. The summed E-state index contributed by atoms with van der Waals surface area (Å²) in [6, 6.07) is 0. The summed E-state index contributed by atoms with van der Waals surface area (Å²) in [6.07, 6.45) is 5.34. The number of rotatable bonds is 2. The Hall–Kier alpha value is -1.32. The van der Waals surface area contributed by atoms with E-state index in [4.69, 9.17) is 0 Å². The molecule has 2 aliphatic rings. The zero-order valence-electron chi connectivity index (χ0n) is 10.1. The summed E-state index contributed by atoms with van der Waals surface area (Å²) < 4.78 is 0.